The van der Waals surface area contributed by atoms with Gasteiger partial charge in [-0.05, 0) is 26.0 Å². The highest BCUT2D eigenvalue weighted by Crippen LogP contribution is 2.20. The molecular weight excluding hydrogens is 308 g/mol. The topological polar surface area (TPSA) is 67.3 Å². The fourth-order valence-corrected chi connectivity index (χ4v) is 3.90. The molecule has 21 heavy (non-hydrogen) atoms. The molecule has 0 bridgehead atoms. The van der Waals surface area contributed by atoms with Gasteiger partial charge in [-0.15, -0.1) is 11.3 Å². The Hall–Kier alpha value is -1.57. The van der Waals surface area contributed by atoms with Crippen LogP contribution in [-0.2, 0) is 16.6 Å². The molecule has 0 fully saturated rings. The van der Waals surface area contributed by atoms with Gasteiger partial charge in [0.15, 0.2) is 5.78 Å². The number of nitrogens with zero attached hydrogens (tertiary/aromatic N) is 2. The Bertz CT molecular complexity index is 749. The number of aryl methyl sites for hydroxylation is 1. The van der Waals surface area contributed by atoms with Crippen LogP contribution in [0.2, 0.25) is 0 Å². The van der Waals surface area contributed by atoms with Crippen LogP contribution in [0.5, 0.6) is 0 Å². The van der Waals surface area contributed by atoms with Crippen LogP contribution >= 0.6 is 11.3 Å². The summed E-state index contributed by atoms with van der Waals surface area (Å²) in [5.41, 5.74) is 0.495. The number of thiazole rings is 1. The molecule has 2 aromatic rings. The smallest absolute Gasteiger partial charge is 0.243 e. The summed E-state index contributed by atoms with van der Waals surface area (Å²) in [5, 5.41) is 0.904. The van der Waals surface area contributed by atoms with Gasteiger partial charge in [0.1, 0.15) is 0 Å². The molecule has 1 aromatic heterocycles. The molecule has 0 atom stereocenters. The number of carbonyl (C=O) groups is 1. The number of carbonyl (C=O) groups excluding carboxylic acids is 1. The fraction of sp³-hybridized carbons (Fsp3) is 0.286. The first-order valence-electron chi connectivity index (χ1n) is 6.29. The molecule has 112 valence electrons. The van der Waals surface area contributed by atoms with Gasteiger partial charge in [0.05, 0.1) is 9.90 Å². The molecule has 0 radical (unpaired) electrons. The molecule has 0 amide bonds. The lowest BCUT2D eigenvalue weighted by molar-refractivity contribution is 0.101. The van der Waals surface area contributed by atoms with E-state index in [9.17, 15) is 13.2 Å². The third kappa shape index (κ3) is 3.55. The Morgan fingerprint density at radius 1 is 1.29 bits per heavy atom. The van der Waals surface area contributed by atoms with Crippen molar-refractivity contribution in [3.05, 3.63) is 45.9 Å². The molecule has 0 saturated carbocycles. The summed E-state index contributed by atoms with van der Waals surface area (Å²) in [6.45, 7) is 3.60. The molecule has 0 aliphatic rings. The Balaban J connectivity index is 2.22. The lowest BCUT2D eigenvalue weighted by Gasteiger charge is -2.16. The number of hydrogen-bond donors (Lipinski definition) is 0. The Kier molecular flexibility index (Phi) is 4.55. The van der Waals surface area contributed by atoms with E-state index in [1.165, 1.54) is 53.9 Å². The Morgan fingerprint density at radius 3 is 2.38 bits per heavy atom. The molecular formula is C14H16N2O3S2. The number of Topliss-reactive ketones (excluding diaryl/α,β-unsaturated/α-hetero) is 1. The van der Waals surface area contributed by atoms with Crippen LogP contribution in [0.3, 0.4) is 0 Å². The fourth-order valence-electron chi connectivity index (χ4n) is 1.82. The zero-order valence-corrected chi connectivity index (χ0v) is 13.7. The average Bonchev–Trinajstić information content (AvgIpc) is 2.84. The lowest BCUT2D eigenvalue weighted by Crippen LogP contribution is -2.26. The van der Waals surface area contributed by atoms with E-state index in [-0.39, 0.29) is 17.2 Å². The minimum atomic E-state index is -3.57. The van der Waals surface area contributed by atoms with Gasteiger partial charge in [-0.3, -0.25) is 4.79 Å². The van der Waals surface area contributed by atoms with Gasteiger partial charge in [0.25, 0.3) is 0 Å². The van der Waals surface area contributed by atoms with Gasteiger partial charge in [-0.1, -0.05) is 12.1 Å². The SMILES string of the molecule is CC(=O)c1ccc(S(=O)(=O)N(C)Cc2cnc(C)s2)cc1. The van der Waals surface area contributed by atoms with E-state index >= 15 is 0 Å². The molecule has 0 saturated heterocycles. The first kappa shape index (κ1) is 15.8. The molecule has 7 heteroatoms. The van der Waals surface area contributed by atoms with Gasteiger partial charge in [0.2, 0.25) is 10.0 Å². The van der Waals surface area contributed by atoms with Crippen molar-refractivity contribution < 1.29 is 13.2 Å². The molecule has 0 N–H and O–H groups in total. The highest BCUT2D eigenvalue weighted by Gasteiger charge is 2.21. The summed E-state index contributed by atoms with van der Waals surface area (Å²) in [4.78, 5) is 16.4. The normalized spacial score (nSPS) is 11.8. The summed E-state index contributed by atoms with van der Waals surface area (Å²) in [7, 11) is -2.04. The van der Waals surface area contributed by atoms with Crippen molar-refractivity contribution in [2.45, 2.75) is 25.3 Å². The van der Waals surface area contributed by atoms with Gasteiger partial charge in [-0.2, -0.15) is 4.31 Å². The molecule has 1 heterocycles. The third-order valence-corrected chi connectivity index (χ3v) is 5.73. The van der Waals surface area contributed by atoms with Crippen molar-refractivity contribution in [1.29, 1.82) is 0 Å². The molecule has 1 aromatic carbocycles. The average molecular weight is 324 g/mol. The van der Waals surface area contributed by atoms with Crippen molar-refractivity contribution >= 4 is 27.1 Å². The largest absolute Gasteiger partial charge is 0.295 e. The number of benzene rings is 1. The zero-order chi connectivity index (χ0) is 15.6. The summed E-state index contributed by atoms with van der Waals surface area (Å²) in [6, 6.07) is 5.97. The maximum absolute atomic E-state index is 12.4. The van der Waals surface area contributed by atoms with Gasteiger partial charge >= 0.3 is 0 Å². The quantitative estimate of drug-likeness (QED) is 0.792. The number of rotatable bonds is 5. The second-order valence-corrected chi connectivity index (χ2v) is 8.05. The van der Waals surface area contributed by atoms with Crippen LogP contribution in [0, 0.1) is 6.92 Å². The predicted molar refractivity (Wildman–Crippen MR) is 82.0 cm³/mol. The van der Waals surface area contributed by atoms with E-state index in [1.807, 2.05) is 6.92 Å². The predicted octanol–water partition coefficient (Wildman–Crippen LogP) is 2.47. The summed E-state index contributed by atoms with van der Waals surface area (Å²) >= 11 is 1.47. The van der Waals surface area contributed by atoms with Crippen LogP contribution < -0.4 is 0 Å². The highest BCUT2D eigenvalue weighted by atomic mass is 32.2. The van der Waals surface area contributed by atoms with Crippen LogP contribution in [0.25, 0.3) is 0 Å². The second-order valence-electron chi connectivity index (χ2n) is 4.69. The standard InChI is InChI=1S/C14H16N2O3S2/c1-10(17)12-4-6-14(7-5-12)21(18,19)16(3)9-13-8-15-11(2)20-13/h4-8H,9H2,1-3H3. The maximum Gasteiger partial charge on any atom is 0.243 e. The number of ketones is 1. The minimum Gasteiger partial charge on any atom is -0.295 e. The molecule has 0 aliphatic heterocycles. The van der Waals surface area contributed by atoms with E-state index in [4.69, 9.17) is 0 Å². The molecule has 2 rings (SSSR count). The minimum absolute atomic E-state index is 0.0903. The second kappa shape index (κ2) is 6.05. The van der Waals surface area contributed by atoms with Crippen molar-refractivity contribution in [2.24, 2.45) is 0 Å². The zero-order valence-electron chi connectivity index (χ0n) is 12.0. The van der Waals surface area contributed by atoms with Gasteiger partial charge < -0.3 is 0 Å². The summed E-state index contributed by atoms with van der Waals surface area (Å²) in [6.07, 6.45) is 1.69. The molecule has 0 unspecified atom stereocenters. The summed E-state index contributed by atoms with van der Waals surface area (Å²) < 4.78 is 26.2. The molecule has 5 nitrogen and oxygen atoms in total. The van der Waals surface area contributed by atoms with E-state index in [1.54, 1.807) is 6.20 Å². The summed E-state index contributed by atoms with van der Waals surface area (Å²) in [5.74, 6) is -0.0903. The van der Waals surface area contributed by atoms with Crippen LogP contribution in [0.4, 0.5) is 0 Å². The van der Waals surface area contributed by atoms with Crippen molar-refractivity contribution in [3.63, 3.8) is 0 Å². The Labute approximate surface area is 128 Å². The highest BCUT2D eigenvalue weighted by molar-refractivity contribution is 7.89. The van der Waals surface area contributed by atoms with Crippen LogP contribution in [0.1, 0.15) is 27.2 Å². The van der Waals surface area contributed by atoms with Gasteiger partial charge in [0, 0.05) is 30.2 Å². The van der Waals surface area contributed by atoms with E-state index in [0.29, 0.717) is 5.56 Å². The van der Waals surface area contributed by atoms with E-state index in [2.05, 4.69) is 4.98 Å². The third-order valence-electron chi connectivity index (χ3n) is 3.02. The number of sulfonamides is 1. The van der Waals surface area contributed by atoms with Crippen LogP contribution in [-0.4, -0.2) is 30.5 Å². The van der Waals surface area contributed by atoms with E-state index < -0.39 is 10.0 Å². The lowest BCUT2D eigenvalue weighted by atomic mass is 10.2. The van der Waals surface area contributed by atoms with Gasteiger partial charge in [-0.25, -0.2) is 13.4 Å². The number of hydrogen-bond acceptors (Lipinski definition) is 5. The van der Waals surface area contributed by atoms with Crippen molar-refractivity contribution in [2.75, 3.05) is 7.05 Å². The first-order chi connectivity index (χ1) is 9.80. The Morgan fingerprint density at radius 2 is 1.90 bits per heavy atom. The van der Waals surface area contributed by atoms with E-state index in [0.717, 1.165) is 9.88 Å². The number of aromatic nitrogens is 1. The monoisotopic (exact) mass is 324 g/mol. The maximum atomic E-state index is 12.4. The van der Waals surface area contributed by atoms with Crippen molar-refractivity contribution in [1.82, 2.24) is 9.29 Å². The van der Waals surface area contributed by atoms with Crippen LogP contribution in [0.15, 0.2) is 35.4 Å². The van der Waals surface area contributed by atoms with Crippen molar-refractivity contribution in [3.8, 4) is 0 Å². The molecule has 0 spiro atoms. The molecule has 0 aliphatic carbocycles. The first-order valence-corrected chi connectivity index (χ1v) is 8.55.